The summed E-state index contributed by atoms with van der Waals surface area (Å²) in [6.45, 7) is 1.78. The molecule has 0 fully saturated rings. The van der Waals surface area contributed by atoms with Crippen LogP contribution in [0.4, 0.5) is 0 Å². The van der Waals surface area contributed by atoms with Crippen LogP contribution in [0.5, 0.6) is 0 Å². The van der Waals surface area contributed by atoms with Crippen molar-refractivity contribution in [3.05, 3.63) is 32.5 Å². The Morgan fingerprint density at radius 2 is 2.10 bits per heavy atom. The normalized spacial score (nSPS) is 14.6. The first-order chi connectivity index (χ1) is 10.1. The molecule has 0 radical (unpaired) electrons. The van der Waals surface area contributed by atoms with Crippen molar-refractivity contribution in [2.24, 2.45) is 7.05 Å². The standard InChI is InChI=1S/C15H17N3O2S/c1-9-14(15(19)20)16-13(21-9)8-7-12-10-5-3-4-6-11(10)17-18(12)2/h7-8H,3-6H2,1-2H3,(H,19,20)/b8-7+. The van der Waals surface area contributed by atoms with Crippen molar-refractivity contribution in [1.82, 2.24) is 14.8 Å². The second-order valence-electron chi connectivity index (χ2n) is 5.24. The van der Waals surface area contributed by atoms with Crippen LogP contribution in [0, 0.1) is 6.92 Å². The molecule has 2 heterocycles. The number of aromatic nitrogens is 3. The van der Waals surface area contributed by atoms with Crippen LogP contribution in [-0.4, -0.2) is 25.8 Å². The Hall–Kier alpha value is -1.95. The summed E-state index contributed by atoms with van der Waals surface area (Å²) in [6, 6.07) is 0. The van der Waals surface area contributed by atoms with E-state index < -0.39 is 5.97 Å². The number of rotatable bonds is 3. The summed E-state index contributed by atoms with van der Waals surface area (Å²) >= 11 is 1.40. The average molecular weight is 303 g/mol. The summed E-state index contributed by atoms with van der Waals surface area (Å²) in [6.07, 6.45) is 8.42. The Labute approximate surface area is 127 Å². The zero-order valence-electron chi connectivity index (χ0n) is 12.1. The topological polar surface area (TPSA) is 68.0 Å². The monoisotopic (exact) mass is 303 g/mol. The predicted molar refractivity (Wildman–Crippen MR) is 82.6 cm³/mol. The van der Waals surface area contributed by atoms with Crippen LogP contribution in [0.15, 0.2) is 0 Å². The van der Waals surface area contributed by atoms with Crippen LogP contribution in [0.1, 0.15) is 50.2 Å². The minimum absolute atomic E-state index is 0.145. The fourth-order valence-electron chi connectivity index (χ4n) is 2.75. The van der Waals surface area contributed by atoms with Crippen molar-refractivity contribution in [3.63, 3.8) is 0 Å². The molecule has 1 N–H and O–H groups in total. The van der Waals surface area contributed by atoms with Gasteiger partial charge in [0.1, 0.15) is 5.01 Å². The lowest BCUT2D eigenvalue weighted by Crippen LogP contribution is -2.01. The van der Waals surface area contributed by atoms with Gasteiger partial charge in [0, 0.05) is 17.5 Å². The van der Waals surface area contributed by atoms with E-state index in [-0.39, 0.29) is 5.69 Å². The number of carboxylic acid groups (broad SMARTS) is 1. The highest BCUT2D eigenvalue weighted by atomic mass is 32.1. The Morgan fingerprint density at radius 3 is 2.81 bits per heavy atom. The first kappa shape index (κ1) is 14.0. The second-order valence-corrected chi connectivity index (χ2v) is 6.47. The number of nitrogens with zero attached hydrogens (tertiary/aromatic N) is 3. The molecule has 1 aliphatic carbocycles. The van der Waals surface area contributed by atoms with Crippen molar-refractivity contribution in [2.75, 3.05) is 0 Å². The first-order valence-electron chi connectivity index (χ1n) is 7.00. The third-order valence-corrected chi connectivity index (χ3v) is 4.70. The molecule has 1 aliphatic rings. The molecule has 0 atom stereocenters. The number of thiazole rings is 1. The lowest BCUT2D eigenvalue weighted by atomic mass is 9.96. The van der Waals surface area contributed by atoms with Gasteiger partial charge in [-0.05, 0) is 44.8 Å². The van der Waals surface area contributed by atoms with Crippen LogP contribution >= 0.6 is 11.3 Å². The average Bonchev–Trinajstić information content (AvgIpc) is 2.96. The van der Waals surface area contributed by atoms with E-state index in [1.807, 2.05) is 23.9 Å². The van der Waals surface area contributed by atoms with Crippen LogP contribution in [0.3, 0.4) is 0 Å². The maximum Gasteiger partial charge on any atom is 0.355 e. The van der Waals surface area contributed by atoms with Crippen LogP contribution in [0.25, 0.3) is 12.2 Å². The molecule has 0 aliphatic heterocycles. The number of aryl methyl sites for hydroxylation is 3. The Kier molecular flexibility index (Phi) is 3.63. The number of hydrogen-bond donors (Lipinski definition) is 1. The molecule has 0 saturated heterocycles. The van der Waals surface area contributed by atoms with Gasteiger partial charge in [0.05, 0.1) is 11.4 Å². The molecule has 0 aromatic carbocycles. The molecule has 0 bridgehead atoms. The van der Waals surface area contributed by atoms with Crippen LogP contribution in [-0.2, 0) is 19.9 Å². The summed E-state index contributed by atoms with van der Waals surface area (Å²) in [7, 11) is 1.95. The molecule has 21 heavy (non-hydrogen) atoms. The predicted octanol–water partition coefficient (Wildman–Crippen LogP) is 2.93. The number of carboxylic acids is 1. The molecular formula is C15H17N3O2S. The minimum atomic E-state index is -0.971. The van der Waals surface area contributed by atoms with E-state index in [9.17, 15) is 4.79 Å². The number of fused-ring (bicyclic) bond motifs is 1. The van der Waals surface area contributed by atoms with Gasteiger partial charge in [-0.3, -0.25) is 4.68 Å². The molecule has 0 spiro atoms. The number of hydrogen-bond acceptors (Lipinski definition) is 4. The first-order valence-corrected chi connectivity index (χ1v) is 7.81. The van der Waals surface area contributed by atoms with Gasteiger partial charge in [-0.2, -0.15) is 5.10 Å². The fourth-order valence-corrected chi connectivity index (χ4v) is 3.57. The van der Waals surface area contributed by atoms with Gasteiger partial charge in [0.25, 0.3) is 0 Å². The van der Waals surface area contributed by atoms with Crippen molar-refractivity contribution in [3.8, 4) is 0 Å². The Morgan fingerprint density at radius 1 is 1.33 bits per heavy atom. The summed E-state index contributed by atoms with van der Waals surface area (Å²) in [5, 5.41) is 14.3. The van der Waals surface area contributed by atoms with Gasteiger partial charge in [0.2, 0.25) is 0 Å². The zero-order chi connectivity index (χ0) is 15.0. The summed E-state index contributed by atoms with van der Waals surface area (Å²) in [5.74, 6) is -0.971. The van der Waals surface area contributed by atoms with Gasteiger partial charge in [-0.15, -0.1) is 11.3 Å². The highest BCUT2D eigenvalue weighted by molar-refractivity contribution is 7.12. The van der Waals surface area contributed by atoms with Gasteiger partial charge < -0.3 is 5.11 Å². The number of carbonyl (C=O) groups is 1. The minimum Gasteiger partial charge on any atom is -0.476 e. The molecule has 0 unspecified atom stereocenters. The van der Waals surface area contributed by atoms with Crippen LogP contribution in [0.2, 0.25) is 0 Å². The molecule has 2 aromatic rings. The Bertz CT molecular complexity index is 728. The molecule has 3 rings (SSSR count). The third-order valence-electron chi connectivity index (χ3n) is 3.77. The Balaban J connectivity index is 1.91. The van der Waals surface area contributed by atoms with E-state index >= 15 is 0 Å². The van der Waals surface area contributed by atoms with Gasteiger partial charge >= 0.3 is 5.97 Å². The lowest BCUT2D eigenvalue weighted by molar-refractivity contribution is 0.0690. The van der Waals surface area contributed by atoms with Crippen LogP contribution < -0.4 is 0 Å². The smallest absolute Gasteiger partial charge is 0.355 e. The highest BCUT2D eigenvalue weighted by Crippen LogP contribution is 2.26. The zero-order valence-corrected chi connectivity index (χ0v) is 12.9. The van der Waals surface area contributed by atoms with Crippen molar-refractivity contribution in [2.45, 2.75) is 32.6 Å². The lowest BCUT2D eigenvalue weighted by Gasteiger charge is -2.09. The van der Waals surface area contributed by atoms with E-state index in [1.54, 1.807) is 6.92 Å². The molecular weight excluding hydrogens is 286 g/mol. The van der Waals surface area contributed by atoms with Crippen molar-refractivity contribution in [1.29, 1.82) is 0 Å². The van der Waals surface area contributed by atoms with E-state index in [2.05, 4.69) is 10.1 Å². The van der Waals surface area contributed by atoms with Gasteiger partial charge in [0.15, 0.2) is 5.69 Å². The van der Waals surface area contributed by atoms with E-state index in [1.165, 1.54) is 35.4 Å². The highest BCUT2D eigenvalue weighted by Gasteiger charge is 2.18. The SMILES string of the molecule is Cc1sc(/C=C/c2c3c(nn2C)CCCC3)nc1C(=O)O. The summed E-state index contributed by atoms with van der Waals surface area (Å²) < 4.78 is 1.91. The summed E-state index contributed by atoms with van der Waals surface area (Å²) in [4.78, 5) is 15.9. The second kappa shape index (κ2) is 5.44. The third kappa shape index (κ3) is 2.63. The van der Waals surface area contributed by atoms with Gasteiger partial charge in [-0.25, -0.2) is 9.78 Å². The maximum atomic E-state index is 11.0. The molecule has 5 nitrogen and oxygen atoms in total. The quantitative estimate of drug-likeness (QED) is 0.946. The molecule has 2 aromatic heterocycles. The van der Waals surface area contributed by atoms with E-state index in [0.29, 0.717) is 0 Å². The van der Waals surface area contributed by atoms with Crippen molar-refractivity contribution >= 4 is 29.5 Å². The van der Waals surface area contributed by atoms with E-state index in [4.69, 9.17) is 5.11 Å². The van der Waals surface area contributed by atoms with Crippen molar-refractivity contribution < 1.29 is 9.90 Å². The molecule has 110 valence electrons. The summed E-state index contributed by atoms with van der Waals surface area (Å²) in [5.41, 5.74) is 3.78. The van der Waals surface area contributed by atoms with Gasteiger partial charge in [-0.1, -0.05) is 0 Å². The number of aromatic carboxylic acids is 1. The molecule has 6 heteroatoms. The van der Waals surface area contributed by atoms with E-state index in [0.717, 1.165) is 28.4 Å². The fraction of sp³-hybridized carbons (Fsp3) is 0.400. The maximum absolute atomic E-state index is 11.0. The molecule has 0 saturated carbocycles. The molecule has 0 amide bonds. The largest absolute Gasteiger partial charge is 0.476 e.